The minimum absolute atomic E-state index is 0.863. The van der Waals surface area contributed by atoms with E-state index in [4.69, 9.17) is 4.74 Å². The third-order valence-corrected chi connectivity index (χ3v) is 4.24. The summed E-state index contributed by atoms with van der Waals surface area (Å²) < 4.78 is 7.25. The lowest BCUT2D eigenvalue weighted by Crippen LogP contribution is -1.86. The van der Waals surface area contributed by atoms with Crippen molar-refractivity contribution in [2.45, 2.75) is 4.90 Å². The lowest BCUT2D eigenvalue weighted by molar-refractivity contribution is 0.410. The number of halogens is 2. The van der Waals surface area contributed by atoms with E-state index in [9.17, 15) is 0 Å². The van der Waals surface area contributed by atoms with E-state index >= 15 is 0 Å². The van der Waals surface area contributed by atoms with Crippen LogP contribution in [0.2, 0.25) is 0 Å². The quantitative estimate of drug-likeness (QED) is 0.765. The van der Waals surface area contributed by atoms with Crippen LogP contribution >= 0.6 is 43.6 Å². The SMILES string of the molecule is COc1ccc(Br)c(SC)c1Br. The minimum Gasteiger partial charge on any atom is -0.496 e. The first-order valence-corrected chi connectivity index (χ1v) is 6.07. The van der Waals surface area contributed by atoms with Crippen LogP contribution in [0.3, 0.4) is 0 Å². The number of rotatable bonds is 2. The van der Waals surface area contributed by atoms with Gasteiger partial charge in [-0.1, -0.05) is 0 Å². The zero-order chi connectivity index (χ0) is 9.14. The van der Waals surface area contributed by atoms with Gasteiger partial charge in [0.05, 0.1) is 11.6 Å². The van der Waals surface area contributed by atoms with Gasteiger partial charge in [-0.2, -0.15) is 0 Å². The summed E-state index contributed by atoms with van der Waals surface area (Å²) in [6.07, 6.45) is 2.03. The van der Waals surface area contributed by atoms with Gasteiger partial charge >= 0.3 is 0 Å². The van der Waals surface area contributed by atoms with Crippen molar-refractivity contribution < 1.29 is 4.74 Å². The molecule has 0 bridgehead atoms. The molecule has 0 atom stereocenters. The smallest absolute Gasteiger partial charge is 0.134 e. The maximum Gasteiger partial charge on any atom is 0.134 e. The van der Waals surface area contributed by atoms with E-state index in [1.165, 1.54) is 0 Å². The highest BCUT2D eigenvalue weighted by Gasteiger charge is 2.08. The molecule has 0 fully saturated rings. The van der Waals surface area contributed by atoms with Crippen LogP contribution in [0.25, 0.3) is 0 Å². The van der Waals surface area contributed by atoms with Crippen LogP contribution in [0.5, 0.6) is 5.75 Å². The lowest BCUT2D eigenvalue weighted by atomic mass is 10.3. The normalized spacial score (nSPS) is 10.0. The van der Waals surface area contributed by atoms with Crippen LogP contribution in [0.1, 0.15) is 0 Å². The summed E-state index contributed by atoms with van der Waals surface area (Å²) in [5, 5.41) is 0. The van der Waals surface area contributed by atoms with E-state index < -0.39 is 0 Å². The molecule has 0 aliphatic carbocycles. The second-order valence-electron chi connectivity index (χ2n) is 2.10. The molecule has 0 saturated heterocycles. The van der Waals surface area contributed by atoms with Gasteiger partial charge in [0.2, 0.25) is 0 Å². The molecule has 0 unspecified atom stereocenters. The van der Waals surface area contributed by atoms with Crippen LogP contribution in [0, 0.1) is 0 Å². The van der Waals surface area contributed by atoms with Gasteiger partial charge < -0.3 is 4.74 Å². The summed E-state index contributed by atoms with van der Waals surface area (Å²) in [7, 11) is 1.66. The van der Waals surface area contributed by atoms with Crippen molar-refractivity contribution in [3.63, 3.8) is 0 Å². The van der Waals surface area contributed by atoms with Gasteiger partial charge in [0.1, 0.15) is 5.75 Å². The molecule has 1 aromatic carbocycles. The van der Waals surface area contributed by atoms with Crippen LogP contribution in [0.4, 0.5) is 0 Å². The van der Waals surface area contributed by atoms with Crippen molar-refractivity contribution >= 4 is 43.6 Å². The van der Waals surface area contributed by atoms with E-state index in [0.717, 1.165) is 19.6 Å². The van der Waals surface area contributed by atoms with Crippen LogP contribution in [-0.2, 0) is 0 Å². The Hall–Kier alpha value is 0.330. The largest absolute Gasteiger partial charge is 0.496 e. The number of benzene rings is 1. The standard InChI is InChI=1S/C8H8Br2OS/c1-11-6-4-3-5(9)8(12-2)7(6)10/h3-4H,1-2H3. The molecule has 0 N–H and O–H groups in total. The number of hydrogen-bond donors (Lipinski definition) is 0. The Morgan fingerprint density at radius 2 is 2.00 bits per heavy atom. The van der Waals surface area contributed by atoms with Crippen molar-refractivity contribution in [1.82, 2.24) is 0 Å². The average Bonchev–Trinajstić information content (AvgIpc) is 2.06. The zero-order valence-corrected chi connectivity index (χ0v) is 10.7. The van der Waals surface area contributed by atoms with E-state index in [1.807, 2.05) is 18.4 Å². The molecule has 1 rings (SSSR count). The molecule has 1 aromatic rings. The van der Waals surface area contributed by atoms with E-state index in [1.54, 1.807) is 18.9 Å². The highest BCUT2D eigenvalue weighted by Crippen LogP contribution is 2.38. The molecular weight excluding hydrogens is 304 g/mol. The van der Waals surface area contributed by atoms with Crippen molar-refractivity contribution in [1.29, 1.82) is 0 Å². The second kappa shape index (κ2) is 4.53. The molecule has 4 heteroatoms. The first kappa shape index (κ1) is 10.4. The molecule has 0 aliphatic heterocycles. The highest BCUT2D eigenvalue weighted by atomic mass is 79.9. The number of hydrogen-bond acceptors (Lipinski definition) is 2. The third kappa shape index (κ3) is 1.98. The molecule has 0 aromatic heterocycles. The first-order chi connectivity index (χ1) is 5.70. The Balaban J connectivity index is 3.24. The van der Waals surface area contributed by atoms with Gasteiger partial charge in [-0.15, -0.1) is 11.8 Å². The fourth-order valence-electron chi connectivity index (χ4n) is 0.859. The van der Waals surface area contributed by atoms with Gasteiger partial charge in [0.25, 0.3) is 0 Å². The molecule has 0 aliphatic rings. The van der Waals surface area contributed by atoms with Gasteiger partial charge in [-0.05, 0) is 50.2 Å². The molecule has 12 heavy (non-hydrogen) atoms. The van der Waals surface area contributed by atoms with E-state index in [0.29, 0.717) is 0 Å². The first-order valence-electron chi connectivity index (χ1n) is 3.26. The molecule has 0 saturated carbocycles. The average molecular weight is 312 g/mol. The minimum atomic E-state index is 0.863. The highest BCUT2D eigenvalue weighted by molar-refractivity contribution is 9.11. The van der Waals surface area contributed by atoms with Crippen molar-refractivity contribution in [2.24, 2.45) is 0 Å². The Bertz CT molecular complexity index is 289. The summed E-state index contributed by atoms with van der Waals surface area (Å²) >= 11 is 8.62. The summed E-state index contributed by atoms with van der Waals surface area (Å²) in [6.45, 7) is 0. The van der Waals surface area contributed by atoms with Gasteiger partial charge in [-0.3, -0.25) is 0 Å². The predicted octanol–water partition coefficient (Wildman–Crippen LogP) is 3.94. The topological polar surface area (TPSA) is 9.23 Å². The van der Waals surface area contributed by atoms with Gasteiger partial charge in [0.15, 0.2) is 0 Å². The fraction of sp³-hybridized carbons (Fsp3) is 0.250. The van der Waals surface area contributed by atoms with Gasteiger partial charge in [-0.25, -0.2) is 0 Å². The summed E-state index contributed by atoms with van der Waals surface area (Å²) in [6, 6.07) is 3.91. The number of ether oxygens (including phenoxy) is 1. The zero-order valence-electron chi connectivity index (χ0n) is 6.73. The van der Waals surface area contributed by atoms with Crippen molar-refractivity contribution in [3.05, 3.63) is 21.1 Å². The predicted molar refractivity (Wildman–Crippen MR) is 60.2 cm³/mol. The Morgan fingerprint density at radius 1 is 1.33 bits per heavy atom. The van der Waals surface area contributed by atoms with Crippen molar-refractivity contribution in [2.75, 3.05) is 13.4 Å². The number of thioether (sulfide) groups is 1. The molecule has 66 valence electrons. The van der Waals surface area contributed by atoms with E-state index in [2.05, 4.69) is 31.9 Å². The van der Waals surface area contributed by atoms with Crippen LogP contribution in [0.15, 0.2) is 26.0 Å². The Labute approximate surface area is 93.1 Å². The summed E-state index contributed by atoms with van der Waals surface area (Å²) in [4.78, 5) is 1.16. The maximum absolute atomic E-state index is 5.16. The fourth-order valence-corrected chi connectivity index (χ4v) is 3.48. The number of methoxy groups -OCH3 is 1. The molecular formula is C8H8Br2OS. The second-order valence-corrected chi connectivity index (χ2v) is 4.56. The Kier molecular flexibility index (Phi) is 3.93. The molecule has 0 radical (unpaired) electrons. The third-order valence-electron chi connectivity index (χ3n) is 1.44. The van der Waals surface area contributed by atoms with E-state index in [-0.39, 0.29) is 0 Å². The van der Waals surface area contributed by atoms with Gasteiger partial charge in [0, 0.05) is 9.37 Å². The van der Waals surface area contributed by atoms with Crippen LogP contribution in [-0.4, -0.2) is 13.4 Å². The van der Waals surface area contributed by atoms with Crippen molar-refractivity contribution in [3.8, 4) is 5.75 Å². The maximum atomic E-state index is 5.16. The Morgan fingerprint density at radius 3 is 2.50 bits per heavy atom. The lowest BCUT2D eigenvalue weighted by Gasteiger charge is -2.08. The summed E-state index contributed by atoms with van der Waals surface area (Å²) in [5.41, 5.74) is 0. The molecule has 0 heterocycles. The molecule has 0 spiro atoms. The monoisotopic (exact) mass is 310 g/mol. The summed E-state index contributed by atoms with van der Waals surface area (Å²) in [5.74, 6) is 0.863. The molecule has 0 amide bonds. The molecule has 1 nitrogen and oxygen atoms in total. The van der Waals surface area contributed by atoms with Crippen LogP contribution < -0.4 is 4.74 Å².